The molecule has 7 nitrogen and oxygen atoms in total. The summed E-state index contributed by atoms with van der Waals surface area (Å²) in [5.41, 5.74) is 1.12. The van der Waals surface area contributed by atoms with E-state index in [0.29, 0.717) is 28.4 Å². The van der Waals surface area contributed by atoms with E-state index in [1.54, 1.807) is 24.3 Å². The predicted molar refractivity (Wildman–Crippen MR) is 83.5 cm³/mol. The third kappa shape index (κ3) is 2.54. The summed E-state index contributed by atoms with van der Waals surface area (Å²) in [7, 11) is 0. The Hall–Kier alpha value is -3.42. The topological polar surface area (TPSA) is 91.8 Å². The third-order valence-corrected chi connectivity index (χ3v) is 3.49. The number of benzene rings is 2. The van der Waals surface area contributed by atoms with E-state index < -0.39 is 11.4 Å². The van der Waals surface area contributed by atoms with Crippen LogP contribution in [0.5, 0.6) is 11.5 Å². The SMILES string of the molecule is O=c1[nH][nH]c(-c2ccc3c(c2)OCO3)c1N=Nc1cccc(F)c1. The first-order chi connectivity index (χ1) is 11.7. The van der Waals surface area contributed by atoms with E-state index in [0.717, 1.165) is 0 Å². The van der Waals surface area contributed by atoms with Gasteiger partial charge < -0.3 is 9.47 Å². The van der Waals surface area contributed by atoms with Gasteiger partial charge in [0.1, 0.15) is 5.82 Å². The molecule has 1 aliphatic heterocycles. The summed E-state index contributed by atoms with van der Waals surface area (Å²) in [5, 5.41) is 13.1. The van der Waals surface area contributed by atoms with Crippen LogP contribution in [0.1, 0.15) is 0 Å². The fourth-order valence-corrected chi connectivity index (χ4v) is 2.35. The maximum absolute atomic E-state index is 13.2. The number of hydrogen-bond donors (Lipinski definition) is 2. The molecule has 2 N–H and O–H groups in total. The van der Waals surface area contributed by atoms with Gasteiger partial charge in [-0.25, -0.2) is 4.39 Å². The molecular weight excluding hydrogens is 315 g/mol. The Morgan fingerprint density at radius 2 is 1.88 bits per heavy atom. The number of ether oxygens (including phenoxy) is 2. The summed E-state index contributed by atoms with van der Waals surface area (Å²) >= 11 is 0. The molecule has 0 amide bonds. The first-order valence-electron chi connectivity index (χ1n) is 7.09. The second-order valence-corrected chi connectivity index (χ2v) is 5.05. The number of H-pyrrole nitrogens is 2. The van der Waals surface area contributed by atoms with Gasteiger partial charge in [0.25, 0.3) is 5.56 Å². The number of halogens is 1. The molecule has 0 atom stereocenters. The molecule has 0 aliphatic carbocycles. The first-order valence-corrected chi connectivity index (χ1v) is 7.09. The molecule has 0 saturated heterocycles. The van der Waals surface area contributed by atoms with Crippen molar-refractivity contribution in [2.45, 2.75) is 0 Å². The van der Waals surface area contributed by atoms with Crippen LogP contribution in [0, 0.1) is 5.82 Å². The van der Waals surface area contributed by atoms with Crippen molar-refractivity contribution < 1.29 is 13.9 Å². The Bertz CT molecular complexity index is 993. The van der Waals surface area contributed by atoms with Crippen LogP contribution < -0.4 is 15.0 Å². The average Bonchev–Trinajstić information content (AvgIpc) is 3.18. The highest BCUT2D eigenvalue weighted by Gasteiger charge is 2.17. The highest BCUT2D eigenvalue weighted by molar-refractivity contribution is 5.73. The van der Waals surface area contributed by atoms with Gasteiger partial charge in [0.15, 0.2) is 17.2 Å². The summed E-state index contributed by atoms with van der Waals surface area (Å²) in [6.45, 7) is 0.161. The molecular formula is C16H11FN4O3. The highest BCUT2D eigenvalue weighted by atomic mass is 19.1. The number of hydrogen-bond acceptors (Lipinski definition) is 5. The Balaban J connectivity index is 1.73. The molecule has 1 aromatic heterocycles. The molecule has 2 aromatic carbocycles. The zero-order chi connectivity index (χ0) is 16.5. The Morgan fingerprint density at radius 3 is 2.75 bits per heavy atom. The van der Waals surface area contributed by atoms with E-state index in [4.69, 9.17) is 9.47 Å². The lowest BCUT2D eigenvalue weighted by Gasteiger charge is -2.01. The molecule has 0 unspecified atom stereocenters. The van der Waals surface area contributed by atoms with Gasteiger partial charge in [-0.05, 0) is 30.3 Å². The molecule has 0 radical (unpaired) electrons. The fourth-order valence-electron chi connectivity index (χ4n) is 2.35. The van der Waals surface area contributed by atoms with Gasteiger partial charge in [-0.15, -0.1) is 5.11 Å². The zero-order valence-electron chi connectivity index (χ0n) is 12.2. The lowest BCUT2D eigenvalue weighted by atomic mass is 10.1. The summed E-state index contributed by atoms with van der Waals surface area (Å²) in [5.74, 6) is 0.799. The molecule has 24 heavy (non-hydrogen) atoms. The number of nitrogens with one attached hydrogen (secondary N) is 2. The third-order valence-electron chi connectivity index (χ3n) is 3.49. The molecule has 4 rings (SSSR count). The largest absolute Gasteiger partial charge is 0.454 e. The minimum absolute atomic E-state index is 0.0955. The molecule has 2 heterocycles. The second kappa shape index (κ2) is 5.65. The molecule has 1 aliphatic rings. The minimum Gasteiger partial charge on any atom is -0.454 e. The van der Waals surface area contributed by atoms with Crippen LogP contribution in [0.4, 0.5) is 15.8 Å². The van der Waals surface area contributed by atoms with Crippen LogP contribution in [0.15, 0.2) is 57.5 Å². The van der Waals surface area contributed by atoms with Crippen molar-refractivity contribution in [2.75, 3.05) is 6.79 Å². The van der Waals surface area contributed by atoms with Crippen molar-refractivity contribution >= 4 is 11.4 Å². The molecule has 0 saturated carbocycles. The van der Waals surface area contributed by atoms with Crippen LogP contribution in [0.3, 0.4) is 0 Å². The van der Waals surface area contributed by atoms with E-state index in [9.17, 15) is 9.18 Å². The van der Waals surface area contributed by atoms with Crippen LogP contribution in [-0.2, 0) is 0 Å². The van der Waals surface area contributed by atoms with Crippen molar-refractivity contribution in [1.82, 2.24) is 10.2 Å². The Kier molecular flexibility index (Phi) is 3.34. The van der Waals surface area contributed by atoms with Gasteiger partial charge in [-0.3, -0.25) is 15.0 Å². The van der Waals surface area contributed by atoms with Gasteiger partial charge in [0.05, 0.1) is 11.4 Å². The van der Waals surface area contributed by atoms with Crippen molar-refractivity contribution in [3.8, 4) is 22.8 Å². The molecule has 0 bridgehead atoms. The van der Waals surface area contributed by atoms with Crippen molar-refractivity contribution in [3.63, 3.8) is 0 Å². The maximum atomic E-state index is 13.2. The van der Waals surface area contributed by atoms with Crippen LogP contribution in [0.2, 0.25) is 0 Å². The maximum Gasteiger partial charge on any atom is 0.292 e. The number of aromatic amines is 2. The van der Waals surface area contributed by atoms with Gasteiger partial charge in [0, 0.05) is 11.6 Å². The monoisotopic (exact) mass is 326 g/mol. The molecule has 120 valence electrons. The number of rotatable bonds is 3. The summed E-state index contributed by atoms with van der Waals surface area (Å²) in [4.78, 5) is 12.0. The number of azo groups is 1. The lowest BCUT2D eigenvalue weighted by molar-refractivity contribution is 0.174. The highest BCUT2D eigenvalue weighted by Crippen LogP contribution is 2.37. The zero-order valence-corrected chi connectivity index (χ0v) is 12.2. The van der Waals surface area contributed by atoms with Gasteiger partial charge in [0.2, 0.25) is 6.79 Å². The standard InChI is InChI=1S/C16H11FN4O3/c17-10-2-1-3-11(7-10)18-20-15-14(19-21-16(15)22)9-4-5-12-13(6-9)24-8-23-12/h1-7H,8H2,(H2,19,21,22). The van der Waals surface area contributed by atoms with E-state index >= 15 is 0 Å². The Morgan fingerprint density at radius 1 is 1.00 bits per heavy atom. The Labute approximate surface area is 134 Å². The van der Waals surface area contributed by atoms with Crippen LogP contribution >= 0.6 is 0 Å². The molecule has 3 aromatic rings. The molecule has 0 fully saturated rings. The predicted octanol–water partition coefficient (Wildman–Crippen LogP) is 3.65. The number of aromatic nitrogens is 2. The van der Waals surface area contributed by atoms with Gasteiger partial charge >= 0.3 is 0 Å². The summed E-state index contributed by atoms with van der Waals surface area (Å²) < 4.78 is 23.8. The molecule has 0 spiro atoms. The van der Waals surface area contributed by atoms with Gasteiger partial charge in [-0.1, -0.05) is 6.07 Å². The smallest absolute Gasteiger partial charge is 0.292 e. The van der Waals surface area contributed by atoms with E-state index in [-0.39, 0.29) is 12.5 Å². The average molecular weight is 326 g/mol. The lowest BCUT2D eigenvalue weighted by Crippen LogP contribution is -1.96. The second-order valence-electron chi connectivity index (χ2n) is 5.05. The molecule has 8 heteroatoms. The van der Waals surface area contributed by atoms with Crippen molar-refractivity contribution in [3.05, 3.63) is 58.6 Å². The van der Waals surface area contributed by atoms with E-state index in [2.05, 4.69) is 20.4 Å². The van der Waals surface area contributed by atoms with Crippen molar-refractivity contribution in [1.29, 1.82) is 0 Å². The normalized spacial score (nSPS) is 12.9. The quantitative estimate of drug-likeness (QED) is 0.720. The summed E-state index contributed by atoms with van der Waals surface area (Å²) in [6.07, 6.45) is 0. The van der Waals surface area contributed by atoms with E-state index in [1.165, 1.54) is 18.2 Å². The summed E-state index contributed by atoms with van der Waals surface area (Å²) in [6, 6.07) is 10.9. The minimum atomic E-state index is -0.428. The number of nitrogens with zero attached hydrogens (tertiary/aromatic N) is 2. The van der Waals surface area contributed by atoms with Crippen LogP contribution in [-0.4, -0.2) is 17.0 Å². The number of fused-ring (bicyclic) bond motifs is 1. The fraction of sp³-hybridized carbons (Fsp3) is 0.0625. The first kappa shape index (κ1) is 14.2. The van der Waals surface area contributed by atoms with Crippen LogP contribution in [0.25, 0.3) is 11.3 Å². The van der Waals surface area contributed by atoms with Crippen molar-refractivity contribution in [2.24, 2.45) is 10.2 Å². The van der Waals surface area contributed by atoms with E-state index in [1.807, 2.05) is 0 Å². The van der Waals surface area contributed by atoms with Gasteiger partial charge in [-0.2, -0.15) is 5.11 Å².